The Morgan fingerprint density at radius 2 is 0.529 bits per heavy atom. The molecule has 0 radical (unpaired) electrons. The molecule has 0 rings (SSSR count). The standard InChI is InChI=1S/2C21H41NO3.Ca/c2*1-2-3-4-5-6-7-8-9-10-11-12-13-14-15-16-17-20(23)22-19-18-21(24)25;/h2*2-19H2,1H3,(H,22,23)(H,24,25);/q;;+2/p-2. The molecule has 0 aliphatic heterocycles. The normalized spacial score (nSPS) is 10.5. The molecule has 0 aromatic carbocycles. The van der Waals surface area contributed by atoms with Crippen LogP contribution in [0.4, 0.5) is 0 Å². The van der Waals surface area contributed by atoms with Gasteiger partial charge in [0.05, 0.1) is 0 Å². The first-order chi connectivity index (χ1) is 24.3. The van der Waals surface area contributed by atoms with Gasteiger partial charge < -0.3 is 30.4 Å². The number of amides is 2. The Bertz CT molecular complexity index is 706. The van der Waals surface area contributed by atoms with Crippen molar-refractivity contribution in [2.75, 3.05) is 13.1 Å². The third kappa shape index (κ3) is 53.6. The van der Waals surface area contributed by atoms with Crippen LogP contribution in [0.5, 0.6) is 0 Å². The van der Waals surface area contributed by atoms with Gasteiger partial charge in [0, 0.05) is 50.7 Å². The molecule has 0 saturated heterocycles. The number of hydrogen-bond acceptors (Lipinski definition) is 6. The Morgan fingerprint density at radius 1 is 0.333 bits per heavy atom. The van der Waals surface area contributed by atoms with Gasteiger partial charge in [-0.1, -0.05) is 194 Å². The van der Waals surface area contributed by atoms with Crippen molar-refractivity contribution in [2.24, 2.45) is 0 Å². The number of carboxylic acids is 2. The fourth-order valence-electron chi connectivity index (χ4n) is 6.10. The van der Waals surface area contributed by atoms with E-state index in [2.05, 4.69) is 24.5 Å². The summed E-state index contributed by atoms with van der Waals surface area (Å²) in [5.41, 5.74) is 0. The summed E-state index contributed by atoms with van der Waals surface area (Å²) in [6, 6.07) is 0. The second-order valence-electron chi connectivity index (χ2n) is 14.3. The molecule has 0 fully saturated rings. The van der Waals surface area contributed by atoms with Gasteiger partial charge in [0.2, 0.25) is 11.8 Å². The van der Waals surface area contributed by atoms with Gasteiger partial charge in [-0.3, -0.25) is 9.59 Å². The number of carbonyl (C=O) groups is 4. The molecule has 2 N–H and O–H groups in total. The minimum absolute atomic E-state index is 0. The monoisotopic (exact) mass is 749 g/mol. The molecule has 8 nitrogen and oxygen atoms in total. The number of carbonyl (C=O) groups excluding carboxylic acids is 4. The molecule has 0 aromatic rings. The molecule has 0 saturated carbocycles. The summed E-state index contributed by atoms with van der Waals surface area (Å²) in [7, 11) is 0. The number of rotatable bonds is 38. The molecule has 0 bridgehead atoms. The largest absolute Gasteiger partial charge is 2.00 e. The van der Waals surface area contributed by atoms with Gasteiger partial charge in [0.1, 0.15) is 0 Å². The quantitative estimate of drug-likeness (QED) is 0.0479. The minimum Gasteiger partial charge on any atom is -0.550 e. The maximum atomic E-state index is 11.4. The molecule has 0 spiro atoms. The van der Waals surface area contributed by atoms with Crippen LogP contribution < -0.4 is 20.8 Å². The Morgan fingerprint density at radius 3 is 0.725 bits per heavy atom. The van der Waals surface area contributed by atoms with Crippen molar-refractivity contribution in [3.8, 4) is 0 Å². The first-order valence-corrected chi connectivity index (χ1v) is 21.3. The van der Waals surface area contributed by atoms with Gasteiger partial charge in [0.15, 0.2) is 0 Å². The van der Waals surface area contributed by atoms with E-state index in [-0.39, 0.29) is 75.5 Å². The summed E-state index contributed by atoms with van der Waals surface area (Å²) >= 11 is 0. The van der Waals surface area contributed by atoms with Crippen LogP contribution in [0.15, 0.2) is 0 Å². The van der Waals surface area contributed by atoms with E-state index in [1.54, 1.807) is 0 Å². The summed E-state index contributed by atoms with van der Waals surface area (Å²) in [5.74, 6) is -2.33. The molecular formula is C42H80CaN2O6. The SMILES string of the molecule is CCCCCCCCCCCCCCCCCC(=O)NCCC(=O)[O-].CCCCCCCCCCCCCCCCCC(=O)NCCC(=O)[O-].[Ca+2]. The number of nitrogens with one attached hydrogen (secondary N) is 2. The van der Waals surface area contributed by atoms with Crippen LogP contribution in [0.25, 0.3) is 0 Å². The predicted molar refractivity (Wildman–Crippen MR) is 210 cm³/mol. The van der Waals surface area contributed by atoms with Crippen LogP contribution in [-0.4, -0.2) is 74.6 Å². The van der Waals surface area contributed by atoms with Crippen molar-refractivity contribution < 1.29 is 29.4 Å². The smallest absolute Gasteiger partial charge is 0.550 e. The van der Waals surface area contributed by atoms with Crippen LogP contribution in [0.3, 0.4) is 0 Å². The average molecular weight is 749 g/mol. The second-order valence-corrected chi connectivity index (χ2v) is 14.3. The van der Waals surface area contributed by atoms with E-state index >= 15 is 0 Å². The van der Waals surface area contributed by atoms with Crippen LogP contribution in [0.1, 0.15) is 232 Å². The van der Waals surface area contributed by atoms with Crippen molar-refractivity contribution >= 4 is 61.5 Å². The molecule has 0 aliphatic carbocycles. The van der Waals surface area contributed by atoms with Crippen molar-refractivity contribution in [3.05, 3.63) is 0 Å². The molecule has 0 aromatic heterocycles. The number of unbranched alkanes of at least 4 members (excludes halogenated alkanes) is 28. The van der Waals surface area contributed by atoms with Crippen LogP contribution >= 0.6 is 0 Å². The van der Waals surface area contributed by atoms with Crippen molar-refractivity contribution in [1.82, 2.24) is 10.6 Å². The van der Waals surface area contributed by atoms with E-state index in [1.165, 1.54) is 167 Å². The number of hydrogen-bond donors (Lipinski definition) is 2. The van der Waals surface area contributed by atoms with E-state index in [0.717, 1.165) is 25.7 Å². The van der Waals surface area contributed by atoms with Crippen LogP contribution in [-0.2, 0) is 19.2 Å². The minimum atomic E-state index is -1.12. The summed E-state index contributed by atoms with van der Waals surface area (Å²) in [6.45, 7) is 4.89. The fourth-order valence-corrected chi connectivity index (χ4v) is 6.10. The van der Waals surface area contributed by atoms with Gasteiger partial charge in [-0.25, -0.2) is 0 Å². The molecule has 9 heteroatoms. The van der Waals surface area contributed by atoms with E-state index in [1.807, 2.05) is 0 Å². The van der Waals surface area contributed by atoms with Gasteiger partial charge >= 0.3 is 37.7 Å². The van der Waals surface area contributed by atoms with Crippen molar-refractivity contribution in [1.29, 1.82) is 0 Å². The van der Waals surface area contributed by atoms with Gasteiger partial charge in [-0.05, 0) is 12.8 Å². The van der Waals surface area contributed by atoms with E-state index in [9.17, 15) is 29.4 Å². The summed E-state index contributed by atoms with van der Waals surface area (Å²) in [5, 5.41) is 25.7. The van der Waals surface area contributed by atoms with Gasteiger partial charge in [-0.2, -0.15) is 0 Å². The summed E-state index contributed by atoms with van der Waals surface area (Å²) < 4.78 is 0. The zero-order valence-electron chi connectivity index (χ0n) is 33.6. The topological polar surface area (TPSA) is 138 Å². The number of carboxylic acid groups (broad SMARTS) is 2. The summed E-state index contributed by atoms with van der Waals surface area (Å²) in [6.07, 6.45) is 40.1. The maximum Gasteiger partial charge on any atom is 2.00 e. The zero-order chi connectivity index (χ0) is 37.2. The molecule has 2 amide bonds. The molecule has 0 unspecified atom stereocenters. The first kappa shape index (κ1) is 54.5. The second kappa shape index (κ2) is 47.2. The fraction of sp³-hybridized carbons (Fsp3) is 0.905. The van der Waals surface area contributed by atoms with E-state index in [4.69, 9.17) is 0 Å². The Kier molecular flexibility index (Phi) is 50.4. The first-order valence-electron chi connectivity index (χ1n) is 21.3. The maximum absolute atomic E-state index is 11.4. The van der Waals surface area contributed by atoms with Crippen LogP contribution in [0.2, 0.25) is 0 Å². The third-order valence-electron chi connectivity index (χ3n) is 9.32. The van der Waals surface area contributed by atoms with E-state index < -0.39 is 11.9 Å². The molecule has 51 heavy (non-hydrogen) atoms. The molecule has 0 aliphatic rings. The van der Waals surface area contributed by atoms with Gasteiger partial charge in [0.25, 0.3) is 0 Å². The molecule has 0 heterocycles. The van der Waals surface area contributed by atoms with Crippen LogP contribution in [0, 0.1) is 0 Å². The Balaban J connectivity index is -0.000000886. The molecule has 0 atom stereocenters. The third-order valence-corrected chi connectivity index (χ3v) is 9.32. The molecule has 296 valence electrons. The predicted octanol–water partition coefficient (Wildman–Crippen LogP) is 8.63. The Labute approximate surface area is 344 Å². The van der Waals surface area contributed by atoms with Gasteiger partial charge in [-0.15, -0.1) is 0 Å². The molecular weight excluding hydrogens is 669 g/mol. The summed E-state index contributed by atoms with van der Waals surface area (Å²) in [4.78, 5) is 43.3. The number of aliphatic carboxylic acids is 2. The average Bonchev–Trinajstić information content (AvgIpc) is 3.08. The Hall–Kier alpha value is -0.860. The van der Waals surface area contributed by atoms with Crippen molar-refractivity contribution in [2.45, 2.75) is 232 Å². The zero-order valence-corrected chi connectivity index (χ0v) is 35.8. The van der Waals surface area contributed by atoms with Crippen molar-refractivity contribution in [3.63, 3.8) is 0 Å². The van der Waals surface area contributed by atoms with E-state index in [0.29, 0.717) is 12.8 Å².